The molecule has 3 nitrogen and oxygen atoms in total. The van der Waals surface area contributed by atoms with Crippen LogP contribution in [-0.4, -0.2) is 34.2 Å². The Morgan fingerprint density at radius 3 is 2.94 bits per heavy atom. The number of aromatic nitrogens is 1. The van der Waals surface area contributed by atoms with E-state index in [0.717, 1.165) is 6.54 Å². The van der Waals surface area contributed by atoms with Crippen molar-refractivity contribution in [2.75, 3.05) is 12.9 Å². The fraction of sp³-hybridized carbons (Fsp3) is 0.429. The van der Waals surface area contributed by atoms with Crippen molar-refractivity contribution in [2.24, 2.45) is 0 Å². The number of thioether (sulfide) groups is 1. The van der Waals surface area contributed by atoms with Crippen LogP contribution in [0.25, 0.3) is 10.9 Å². The normalized spacial score (nSPS) is 14.8. The van der Waals surface area contributed by atoms with Crippen molar-refractivity contribution in [2.45, 2.75) is 24.8 Å². The zero-order valence-corrected chi connectivity index (χ0v) is 11.6. The number of hydrogen-bond donors (Lipinski definition) is 3. The molecule has 1 heterocycles. The number of aliphatic hydroxyl groups excluding tert-OH is 1. The van der Waals surface area contributed by atoms with Gasteiger partial charge in [0.15, 0.2) is 0 Å². The Bertz CT molecular complexity index is 493. The predicted octanol–water partition coefficient (Wildman–Crippen LogP) is 2.37. The smallest absolute Gasteiger partial charge is 0.0564 e. The van der Waals surface area contributed by atoms with E-state index in [1.165, 1.54) is 16.5 Å². The molecule has 0 aliphatic rings. The lowest BCUT2D eigenvalue weighted by Crippen LogP contribution is -2.37. The molecule has 0 aliphatic carbocycles. The summed E-state index contributed by atoms with van der Waals surface area (Å²) >= 11 is 1.70. The minimum absolute atomic E-state index is 0.213. The second-order valence-corrected chi connectivity index (χ2v) is 5.60. The van der Waals surface area contributed by atoms with Gasteiger partial charge in [-0.05, 0) is 36.3 Å². The molecule has 2 unspecified atom stereocenters. The van der Waals surface area contributed by atoms with Gasteiger partial charge in [0.05, 0.1) is 6.61 Å². The number of nitrogens with one attached hydrogen (secondary N) is 2. The summed E-state index contributed by atoms with van der Waals surface area (Å²) in [5, 5.41) is 14.2. The van der Waals surface area contributed by atoms with Gasteiger partial charge in [0.2, 0.25) is 0 Å². The molecule has 2 atom stereocenters. The molecule has 2 aromatic rings. The number of aliphatic hydroxyl groups is 1. The molecule has 0 spiro atoms. The van der Waals surface area contributed by atoms with Gasteiger partial charge in [-0.25, -0.2) is 0 Å². The average molecular weight is 264 g/mol. The SMILES string of the molecule is CSC(CO)C(C)NCc1ccc2cc[nH]c2c1. The first-order valence-corrected chi connectivity index (χ1v) is 7.46. The van der Waals surface area contributed by atoms with Gasteiger partial charge < -0.3 is 15.4 Å². The Morgan fingerprint density at radius 2 is 2.22 bits per heavy atom. The van der Waals surface area contributed by atoms with E-state index in [1.807, 2.05) is 12.5 Å². The Kier molecular flexibility index (Phi) is 4.69. The van der Waals surface area contributed by atoms with Crippen LogP contribution in [0.4, 0.5) is 0 Å². The highest BCUT2D eigenvalue weighted by molar-refractivity contribution is 7.99. The first-order chi connectivity index (χ1) is 8.74. The summed E-state index contributed by atoms with van der Waals surface area (Å²) in [7, 11) is 0. The fourth-order valence-corrected chi connectivity index (χ4v) is 2.71. The maximum atomic E-state index is 9.24. The molecule has 1 aromatic carbocycles. The Hall–Kier alpha value is -0.970. The van der Waals surface area contributed by atoms with E-state index in [9.17, 15) is 5.11 Å². The molecule has 0 saturated carbocycles. The maximum Gasteiger partial charge on any atom is 0.0564 e. The van der Waals surface area contributed by atoms with E-state index >= 15 is 0 Å². The van der Waals surface area contributed by atoms with E-state index in [1.54, 1.807) is 11.8 Å². The summed E-state index contributed by atoms with van der Waals surface area (Å²) in [5.74, 6) is 0. The number of hydrogen-bond acceptors (Lipinski definition) is 3. The highest BCUT2D eigenvalue weighted by Gasteiger charge is 2.14. The first kappa shape index (κ1) is 13.5. The minimum atomic E-state index is 0.213. The summed E-state index contributed by atoms with van der Waals surface area (Å²) < 4.78 is 0. The molecule has 3 N–H and O–H groups in total. The topological polar surface area (TPSA) is 48.0 Å². The van der Waals surface area contributed by atoms with Crippen LogP contribution in [0, 0.1) is 0 Å². The van der Waals surface area contributed by atoms with Crippen LogP contribution in [0.5, 0.6) is 0 Å². The van der Waals surface area contributed by atoms with Gasteiger partial charge in [-0.1, -0.05) is 12.1 Å². The third kappa shape index (κ3) is 3.07. The Labute approximate surface area is 112 Å². The predicted molar refractivity (Wildman–Crippen MR) is 79.0 cm³/mol. The third-order valence-corrected chi connectivity index (χ3v) is 4.45. The maximum absolute atomic E-state index is 9.24. The van der Waals surface area contributed by atoms with Gasteiger partial charge in [-0.2, -0.15) is 11.8 Å². The molecule has 18 heavy (non-hydrogen) atoms. The van der Waals surface area contributed by atoms with Crippen molar-refractivity contribution < 1.29 is 5.11 Å². The average Bonchev–Trinajstić information content (AvgIpc) is 2.85. The summed E-state index contributed by atoms with van der Waals surface area (Å²) in [6, 6.07) is 8.81. The number of fused-ring (bicyclic) bond motifs is 1. The van der Waals surface area contributed by atoms with Crippen molar-refractivity contribution in [3.05, 3.63) is 36.0 Å². The van der Waals surface area contributed by atoms with Crippen molar-refractivity contribution in [3.63, 3.8) is 0 Å². The van der Waals surface area contributed by atoms with Crippen LogP contribution in [-0.2, 0) is 6.54 Å². The zero-order valence-electron chi connectivity index (χ0n) is 10.8. The van der Waals surface area contributed by atoms with Crippen molar-refractivity contribution >= 4 is 22.7 Å². The van der Waals surface area contributed by atoms with Crippen LogP contribution >= 0.6 is 11.8 Å². The second-order valence-electron chi connectivity index (χ2n) is 4.53. The highest BCUT2D eigenvalue weighted by Crippen LogP contribution is 2.15. The lowest BCUT2D eigenvalue weighted by Gasteiger charge is -2.21. The number of aromatic amines is 1. The molecule has 0 aliphatic heterocycles. The second kappa shape index (κ2) is 6.27. The van der Waals surface area contributed by atoms with E-state index < -0.39 is 0 Å². The molecular weight excluding hydrogens is 244 g/mol. The molecule has 0 fully saturated rings. The van der Waals surface area contributed by atoms with Gasteiger partial charge in [0, 0.05) is 29.6 Å². The minimum Gasteiger partial charge on any atom is -0.395 e. The van der Waals surface area contributed by atoms with Crippen LogP contribution in [0.1, 0.15) is 12.5 Å². The molecular formula is C14H20N2OS. The molecule has 2 rings (SSSR count). The molecule has 98 valence electrons. The quantitative estimate of drug-likeness (QED) is 0.750. The zero-order chi connectivity index (χ0) is 13.0. The monoisotopic (exact) mass is 264 g/mol. The number of H-pyrrole nitrogens is 1. The molecule has 4 heteroatoms. The molecule has 0 saturated heterocycles. The van der Waals surface area contributed by atoms with Crippen LogP contribution < -0.4 is 5.32 Å². The highest BCUT2D eigenvalue weighted by atomic mass is 32.2. The molecule has 0 amide bonds. The standard InChI is InChI=1S/C14H20N2OS/c1-10(14(9-17)18-2)16-8-11-3-4-12-5-6-15-13(12)7-11/h3-7,10,14-17H,8-9H2,1-2H3. The summed E-state index contributed by atoms with van der Waals surface area (Å²) in [4.78, 5) is 3.22. The Morgan fingerprint density at radius 1 is 1.39 bits per heavy atom. The lowest BCUT2D eigenvalue weighted by atomic mass is 10.1. The van der Waals surface area contributed by atoms with Gasteiger partial charge in [0.1, 0.15) is 0 Å². The van der Waals surface area contributed by atoms with E-state index in [0.29, 0.717) is 6.04 Å². The largest absolute Gasteiger partial charge is 0.395 e. The summed E-state index contributed by atoms with van der Waals surface area (Å²) in [6.07, 6.45) is 3.99. The molecule has 1 aromatic heterocycles. The Balaban J connectivity index is 1.96. The van der Waals surface area contributed by atoms with E-state index in [2.05, 4.69) is 41.5 Å². The van der Waals surface area contributed by atoms with E-state index in [-0.39, 0.29) is 11.9 Å². The summed E-state index contributed by atoms with van der Waals surface area (Å²) in [6.45, 7) is 3.16. The molecule has 0 radical (unpaired) electrons. The van der Waals surface area contributed by atoms with Crippen molar-refractivity contribution in [1.82, 2.24) is 10.3 Å². The van der Waals surface area contributed by atoms with Crippen molar-refractivity contribution in [3.8, 4) is 0 Å². The number of benzene rings is 1. The molecule has 0 bridgehead atoms. The first-order valence-electron chi connectivity index (χ1n) is 6.17. The van der Waals surface area contributed by atoms with Gasteiger partial charge >= 0.3 is 0 Å². The summed E-state index contributed by atoms with van der Waals surface area (Å²) in [5.41, 5.74) is 2.43. The van der Waals surface area contributed by atoms with E-state index in [4.69, 9.17) is 0 Å². The third-order valence-electron chi connectivity index (χ3n) is 3.29. The van der Waals surface area contributed by atoms with Gasteiger partial charge in [-0.3, -0.25) is 0 Å². The van der Waals surface area contributed by atoms with Crippen LogP contribution in [0.15, 0.2) is 30.5 Å². The van der Waals surface area contributed by atoms with Gasteiger partial charge in [0.25, 0.3) is 0 Å². The lowest BCUT2D eigenvalue weighted by molar-refractivity contribution is 0.276. The van der Waals surface area contributed by atoms with Crippen molar-refractivity contribution in [1.29, 1.82) is 0 Å². The fourth-order valence-electron chi connectivity index (χ4n) is 2.05. The number of rotatable bonds is 6. The van der Waals surface area contributed by atoms with Crippen LogP contribution in [0.2, 0.25) is 0 Å². The van der Waals surface area contributed by atoms with Crippen LogP contribution in [0.3, 0.4) is 0 Å². The van der Waals surface area contributed by atoms with Gasteiger partial charge in [-0.15, -0.1) is 0 Å².